The van der Waals surface area contributed by atoms with Crippen molar-refractivity contribution in [3.05, 3.63) is 40.2 Å². The Labute approximate surface area is 207 Å². The van der Waals surface area contributed by atoms with E-state index in [1.807, 2.05) is 27.7 Å². The van der Waals surface area contributed by atoms with Crippen molar-refractivity contribution in [2.24, 2.45) is 0 Å². The Morgan fingerprint density at radius 3 is 1.61 bits per heavy atom. The van der Waals surface area contributed by atoms with Crippen LogP contribution in [0.15, 0.2) is 24.8 Å². The van der Waals surface area contributed by atoms with Gasteiger partial charge in [0.1, 0.15) is 34.3 Å². The quantitative estimate of drug-likeness (QED) is 0.634. The summed E-state index contributed by atoms with van der Waals surface area (Å²) < 4.78 is 26.8. The third kappa shape index (κ3) is 11.1. The SMILES string of the molecule is CC1(C)OC[C@H](CO)O1.CC1(C)OC[C@H](COc2cnc(Cl)cn2)O1.Clc1cnc(Cl)cn1. The van der Waals surface area contributed by atoms with Gasteiger partial charge in [-0.05, 0) is 27.7 Å². The smallest absolute Gasteiger partial charge is 0.232 e. The van der Waals surface area contributed by atoms with Gasteiger partial charge < -0.3 is 28.8 Å². The van der Waals surface area contributed by atoms with Gasteiger partial charge in [0.25, 0.3) is 0 Å². The number of halogens is 3. The van der Waals surface area contributed by atoms with Crippen molar-refractivity contribution in [1.82, 2.24) is 19.9 Å². The molecule has 0 amide bonds. The molecule has 0 aromatic carbocycles. The Kier molecular flexibility index (Phi) is 10.9. The number of aliphatic hydroxyl groups excluding tert-OH is 1. The molecule has 2 atom stereocenters. The average Bonchev–Trinajstić information content (AvgIpc) is 3.31. The van der Waals surface area contributed by atoms with Gasteiger partial charge in [0.05, 0.1) is 44.6 Å². The Morgan fingerprint density at radius 1 is 0.818 bits per heavy atom. The normalized spacial score (nSPS) is 22.5. The van der Waals surface area contributed by atoms with E-state index < -0.39 is 11.6 Å². The molecule has 0 unspecified atom stereocenters. The summed E-state index contributed by atoms with van der Waals surface area (Å²) in [5.41, 5.74) is 0. The third-order valence-corrected chi connectivity index (χ3v) is 4.53. The molecule has 2 aliphatic rings. The predicted octanol–water partition coefficient (Wildman–Crippen LogP) is 3.57. The topological polar surface area (TPSA) is 118 Å². The van der Waals surface area contributed by atoms with Crippen LogP contribution in [0.3, 0.4) is 0 Å². The Morgan fingerprint density at radius 2 is 1.27 bits per heavy atom. The van der Waals surface area contributed by atoms with Crippen molar-refractivity contribution in [3.8, 4) is 5.88 Å². The number of ether oxygens (including phenoxy) is 5. The minimum Gasteiger partial charge on any atom is -0.474 e. The van der Waals surface area contributed by atoms with E-state index in [1.165, 1.54) is 24.8 Å². The number of hydrogen-bond acceptors (Lipinski definition) is 10. The third-order valence-electron chi connectivity index (χ3n) is 3.94. The second kappa shape index (κ2) is 12.9. The summed E-state index contributed by atoms with van der Waals surface area (Å²) in [7, 11) is 0. The van der Waals surface area contributed by atoms with Gasteiger partial charge in [0, 0.05) is 0 Å². The van der Waals surface area contributed by atoms with E-state index in [4.69, 9.17) is 63.6 Å². The summed E-state index contributed by atoms with van der Waals surface area (Å²) in [6.45, 7) is 8.87. The lowest BCUT2D eigenvalue weighted by Crippen LogP contribution is -2.25. The molecule has 33 heavy (non-hydrogen) atoms. The Hall–Kier alpha value is -1.37. The second-order valence-electron chi connectivity index (χ2n) is 7.73. The fourth-order valence-electron chi connectivity index (χ4n) is 2.55. The fourth-order valence-corrected chi connectivity index (χ4v) is 2.84. The summed E-state index contributed by atoms with van der Waals surface area (Å²) in [5.74, 6) is -0.592. The molecule has 0 spiro atoms. The maximum atomic E-state index is 8.59. The van der Waals surface area contributed by atoms with E-state index in [9.17, 15) is 0 Å². The Balaban J connectivity index is 0.000000192. The Bertz CT molecular complexity index is 822. The lowest BCUT2D eigenvalue weighted by atomic mass is 10.4. The zero-order valence-electron chi connectivity index (χ0n) is 18.7. The highest BCUT2D eigenvalue weighted by atomic mass is 35.5. The van der Waals surface area contributed by atoms with E-state index in [0.717, 1.165) is 0 Å². The van der Waals surface area contributed by atoms with E-state index in [0.29, 0.717) is 41.2 Å². The number of hydrogen-bond donors (Lipinski definition) is 1. The van der Waals surface area contributed by atoms with Gasteiger partial charge in [-0.3, -0.25) is 0 Å². The molecule has 2 fully saturated rings. The highest BCUT2D eigenvalue weighted by molar-refractivity contribution is 6.30. The number of aromatic nitrogens is 4. The molecule has 0 saturated carbocycles. The molecule has 2 aliphatic heterocycles. The van der Waals surface area contributed by atoms with Crippen LogP contribution in [0.2, 0.25) is 15.5 Å². The van der Waals surface area contributed by atoms with E-state index in [2.05, 4.69) is 19.9 Å². The maximum Gasteiger partial charge on any atom is 0.232 e. The van der Waals surface area contributed by atoms with Crippen LogP contribution in [0.1, 0.15) is 27.7 Å². The minimum atomic E-state index is -0.528. The molecule has 184 valence electrons. The van der Waals surface area contributed by atoms with Gasteiger partial charge in [-0.25, -0.2) is 19.9 Å². The van der Waals surface area contributed by atoms with Gasteiger partial charge in [-0.15, -0.1) is 0 Å². The first-order valence-corrected chi connectivity index (χ1v) is 11.1. The van der Waals surface area contributed by atoms with Gasteiger partial charge >= 0.3 is 0 Å². The number of nitrogens with zero attached hydrogens (tertiary/aromatic N) is 4. The van der Waals surface area contributed by atoms with E-state index in [1.54, 1.807) is 0 Å². The van der Waals surface area contributed by atoms with Crippen LogP contribution < -0.4 is 4.74 Å². The molecular formula is C20H27Cl3N4O6. The van der Waals surface area contributed by atoms with Gasteiger partial charge in [-0.1, -0.05) is 34.8 Å². The van der Waals surface area contributed by atoms with Crippen LogP contribution in [0.5, 0.6) is 5.88 Å². The zero-order chi connectivity index (χ0) is 24.5. The standard InChI is InChI=1S/C10H13ClN2O3.C6H12O3.C4H2Cl2N2/c1-10(2)15-6-7(16-10)5-14-9-4-12-8(11)3-13-9;1-6(2)8-4-5(3-7)9-6;5-3-1-7-4(6)2-8-3/h3-4,7H,5-6H2,1-2H3;5,7H,3-4H2,1-2H3;1-2H/t7-;5-;/m00./s1. The van der Waals surface area contributed by atoms with Crippen molar-refractivity contribution >= 4 is 34.8 Å². The highest BCUT2D eigenvalue weighted by Gasteiger charge is 2.33. The van der Waals surface area contributed by atoms with Crippen LogP contribution in [-0.4, -0.2) is 75.3 Å². The van der Waals surface area contributed by atoms with E-state index >= 15 is 0 Å². The predicted molar refractivity (Wildman–Crippen MR) is 121 cm³/mol. The zero-order valence-corrected chi connectivity index (χ0v) is 21.0. The van der Waals surface area contributed by atoms with Gasteiger partial charge in [0.15, 0.2) is 11.6 Å². The summed E-state index contributed by atoms with van der Waals surface area (Å²) in [6, 6.07) is 0. The van der Waals surface area contributed by atoms with Crippen molar-refractivity contribution in [2.45, 2.75) is 51.5 Å². The highest BCUT2D eigenvalue weighted by Crippen LogP contribution is 2.23. The summed E-state index contributed by atoms with van der Waals surface area (Å²) >= 11 is 16.4. The fraction of sp³-hybridized carbons (Fsp3) is 0.600. The van der Waals surface area contributed by atoms with Crippen LogP contribution in [0.25, 0.3) is 0 Å². The summed E-state index contributed by atoms with van der Waals surface area (Å²) in [5, 5.41) is 9.65. The molecule has 2 saturated heterocycles. The second-order valence-corrected chi connectivity index (χ2v) is 8.90. The van der Waals surface area contributed by atoms with Crippen LogP contribution >= 0.6 is 34.8 Å². The van der Waals surface area contributed by atoms with E-state index in [-0.39, 0.29) is 18.8 Å². The minimum absolute atomic E-state index is 0.0451. The molecule has 0 aliphatic carbocycles. The maximum absolute atomic E-state index is 8.59. The van der Waals surface area contributed by atoms with Crippen molar-refractivity contribution in [2.75, 3.05) is 26.4 Å². The largest absolute Gasteiger partial charge is 0.474 e. The molecule has 2 aromatic heterocycles. The first-order valence-electron chi connectivity index (χ1n) is 9.96. The lowest BCUT2D eigenvalue weighted by Gasteiger charge is -2.17. The molecule has 0 bridgehead atoms. The molecule has 2 aromatic rings. The van der Waals surface area contributed by atoms with Crippen molar-refractivity contribution < 1.29 is 28.8 Å². The molecule has 10 nitrogen and oxygen atoms in total. The lowest BCUT2D eigenvalue weighted by molar-refractivity contribution is -0.142. The van der Waals surface area contributed by atoms with Crippen LogP contribution in [0.4, 0.5) is 0 Å². The molecule has 1 N–H and O–H groups in total. The van der Waals surface area contributed by atoms with Crippen LogP contribution in [0, 0.1) is 0 Å². The molecule has 4 rings (SSSR count). The monoisotopic (exact) mass is 524 g/mol. The molecule has 13 heteroatoms. The molecule has 4 heterocycles. The summed E-state index contributed by atoms with van der Waals surface area (Å²) in [6.07, 6.45) is 5.50. The van der Waals surface area contributed by atoms with Gasteiger partial charge in [-0.2, -0.15) is 0 Å². The number of rotatable bonds is 4. The average molecular weight is 526 g/mol. The van der Waals surface area contributed by atoms with Crippen LogP contribution in [-0.2, 0) is 18.9 Å². The van der Waals surface area contributed by atoms with Crippen molar-refractivity contribution in [1.29, 1.82) is 0 Å². The van der Waals surface area contributed by atoms with Crippen molar-refractivity contribution in [3.63, 3.8) is 0 Å². The first kappa shape index (κ1) is 27.9. The number of aliphatic hydroxyl groups is 1. The molecular weight excluding hydrogens is 499 g/mol. The van der Waals surface area contributed by atoms with Gasteiger partial charge in [0.2, 0.25) is 5.88 Å². The summed E-state index contributed by atoms with van der Waals surface area (Å²) in [4.78, 5) is 15.1. The molecule has 0 radical (unpaired) electrons. The first-order chi connectivity index (χ1) is 15.5.